The molecule has 9 nitrogen and oxygen atoms in total. The van der Waals surface area contributed by atoms with Gasteiger partial charge in [0, 0.05) is 24.8 Å². The molecule has 1 aliphatic carbocycles. The minimum absolute atomic E-state index is 0.207. The Morgan fingerprint density at radius 1 is 1.21 bits per heavy atom. The molecule has 0 unspecified atom stereocenters. The molecule has 0 spiro atoms. The molecule has 5 rings (SSSR count). The number of anilines is 4. The maximum atomic E-state index is 15.3. The van der Waals surface area contributed by atoms with Gasteiger partial charge in [0.2, 0.25) is 11.9 Å². The highest BCUT2D eigenvalue weighted by Gasteiger charge is 2.46. The third-order valence-corrected chi connectivity index (χ3v) is 7.93. The number of piperidine rings is 1. The van der Waals surface area contributed by atoms with Crippen molar-refractivity contribution in [3.63, 3.8) is 0 Å². The third kappa shape index (κ3) is 5.33. The van der Waals surface area contributed by atoms with Gasteiger partial charge in [-0.2, -0.15) is 10.1 Å². The van der Waals surface area contributed by atoms with Crippen molar-refractivity contribution in [2.24, 2.45) is 0 Å². The molecule has 0 bridgehead atoms. The lowest BCUT2D eigenvalue weighted by atomic mass is 9.75. The molecule has 38 heavy (non-hydrogen) atoms. The topological polar surface area (TPSA) is 111 Å². The highest BCUT2D eigenvalue weighted by atomic mass is 35.5. The fourth-order valence-electron chi connectivity index (χ4n) is 5.50. The van der Waals surface area contributed by atoms with Gasteiger partial charge in [0.15, 0.2) is 11.6 Å². The van der Waals surface area contributed by atoms with Crippen LogP contribution in [-0.4, -0.2) is 56.1 Å². The van der Waals surface area contributed by atoms with Gasteiger partial charge in [-0.05, 0) is 81.7 Å². The van der Waals surface area contributed by atoms with Crippen LogP contribution in [0.15, 0.2) is 24.4 Å². The zero-order valence-corrected chi connectivity index (χ0v) is 22.8. The fourth-order valence-corrected chi connectivity index (χ4v) is 5.64. The molecule has 4 N–H and O–H groups in total. The van der Waals surface area contributed by atoms with Crippen LogP contribution in [-0.2, 0) is 4.79 Å². The maximum Gasteiger partial charge on any atom is 0.242 e. The normalized spacial score (nSPS) is 17.2. The van der Waals surface area contributed by atoms with Crippen LogP contribution in [0.2, 0.25) is 5.02 Å². The molecule has 202 valence electrons. The summed E-state index contributed by atoms with van der Waals surface area (Å²) >= 11 is 6.25. The van der Waals surface area contributed by atoms with E-state index in [1.165, 1.54) is 6.20 Å². The Morgan fingerprint density at radius 3 is 2.61 bits per heavy atom. The number of halogens is 2. The summed E-state index contributed by atoms with van der Waals surface area (Å²) in [5, 5.41) is 16.7. The van der Waals surface area contributed by atoms with Gasteiger partial charge >= 0.3 is 0 Å². The molecule has 1 saturated heterocycles. The third-order valence-electron chi connectivity index (χ3n) is 7.65. The lowest BCUT2D eigenvalue weighted by molar-refractivity contribution is -0.143. The summed E-state index contributed by atoms with van der Waals surface area (Å²) in [5.41, 5.74) is 2.79. The molecule has 1 aromatic carbocycles. The van der Waals surface area contributed by atoms with E-state index in [-0.39, 0.29) is 29.1 Å². The zero-order chi connectivity index (χ0) is 26.9. The largest absolute Gasteiger partial charge is 0.341 e. The van der Waals surface area contributed by atoms with E-state index in [2.05, 4.69) is 36.1 Å². The second-order valence-corrected chi connectivity index (χ2v) is 10.7. The van der Waals surface area contributed by atoms with E-state index in [1.807, 2.05) is 31.7 Å². The van der Waals surface area contributed by atoms with Crippen molar-refractivity contribution >= 4 is 40.8 Å². The minimum atomic E-state index is -0.374. The van der Waals surface area contributed by atoms with Crippen LogP contribution < -0.4 is 16.0 Å². The second kappa shape index (κ2) is 10.9. The SMILES string of the molecule is CCNC1(C(=O)N2CCC(c3cc(F)c(Nc4ncc(Cl)c(Nc5cc(C)[nH]n5)n4)cc3C)CC2)CCC1. The van der Waals surface area contributed by atoms with E-state index in [4.69, 9.17) is 11.6 Å². The summed E-state index contributed by atoms with van der Waals surface area (Å²) < 4.78 is 15.3. The van der Waals surface area contributed by atoms with Crippen molar-refractivity contribution < 1.29 is 9.18 Å². The number of carbonyl (C=O) groups excluding carboxylic acids is 1. The van der Waals surface area contributed by atoms with E-state index in [1.54, 1.807) is 12.1 Å². The maximum absolute atomic E-state index is 15.3. The predicted octanol–water partition coefficient (Wildman–Crippen LogP) is 5.33. The molecule has 2 aliphatic rings. The molecule has 0 atom stereocenters. The molecule has 1 aliphatic heterocycles. The molecular weight excluding hydrogens is 507 g/mol. The summed E-state index contributed by atoms with van der Waals surface area (Å²) in [5.74, 6) is 1.21. The average molecular weight is 541 g/mol. The first kappa shape index (κ1) is 26.4. The number of likely N-dealkylation sites (N-methyl/N-ethyl adjacent to an activating group) is 1. The standard InChI is InChI=1S/C27H34ClFN8O/c1-4-31-27(8-5-9-27)25(38)37-10-6-18(7-11-37)19-14-21(29)22(12-16(19)2)32-26-30-15-20(28)24(34-26)33-23-13-17(3)35-36-23/h12-15,18,31H,4-11H2,1-3H3,(H3,30,32,33,34,35,36). The van der Waals surface area contributed by atoms with Crippen molar-refractivity contribution in [3.8, 4) is 0 Å². The van der Waals surface area contributed by atoms with Gasteiger partial charge in [0.25, 0.3) is 0 Å². The molecule has 2 aromatic heterocycles. The molecule has 1 saturated carbocycles. The highest BCUT2D eigenvalue weighted by Crippen LogP contribution is 2.37. The van der Waals surface area contributed by atoms with Crippen molar-refractivity contribution in [1.29, 1.82) is 0 Å². The molecule has 11 heteroatoms. The Morgan fingerprint density at radius 2 is 1.97 bits per heavy atom. The molecule has 0 radical (unpaired) electrons. The number of nitrogens with zero attached hydrogens (tertiary/aromatic N) is 4. The van der Waals surface area contributed by atoms with Gasteiger partial charge in [-0.1, -0.05) is 18.5 Å². The number of carbonyl (C=O) groups is 1. The summed E-state index contributed by atoms with van der Waals surface area (Å²) in [6.45, 7) is 8.11. The first-order valence-electron chi connectivity index (χ1n) is 13.2. The number of benzene rings is 1. The summed E-state index contributed by atoms with van der Waals surface area (Å²) in [4.78, 5) is 23.8. The first-order valence-corrected chi connectivity index (χ1v) is 13.6. The Bertz CT molecular complexity index is 1320. The van der Waals surface area contributed by atoms with E-state index >= 15 is 4.39 Å². The smallest absolute Gasteiger partial charge is 0.242 e. The van der Waals surface area contributed by atoms with Crippen molar-refractivity contribution in [2.75, 3.05) is 30.3 Å². The van der Waals surface area contributed by atoms with E-state index in [9.17, 15) is 4.79 Å². The minimum Gasteiger partial charge on any atom is -0.341 e. The summed E-state index contributed by atoms with van der Waals surface area (Å²) in [6, 6.07) is 5.22. The Kier molecular flexibility index (Phi) is 7.54. The fraction of sp³-hybridized carbons (Fsp3) is 0.481. The van der Waals surface area contributed by atoms with Gasteiger partial charge < -0.3 is 20.9 Å². The molecule has 3 aromatic rings. The monoisotopic (exact) mass is 540 g/mol. The number of H-pyrrole nitrogens is 1. The predicted molar refractivity (Wildman–Crippen MR) is 147 cm³/mol. The van der Waals surface area contributed by atoms with Crippen LogP contribution in [0.1, 0.15) is 61.8 Å². The van der Waals surface area contributed by atoms with E-state index in [0.29, 0.717) is 35.4 Å². The van der Waals surface area contributed by atoms with Crippen molar-refractivity contribution in [2.45, 2.75) is 64.3 Å². The van der Waals surface area contributed by atoms with Crippen molar-refractivity contribution in [3.05, 3.63) is 52.1 Å². The van der Waals surface area contributed by atoms with Gasteiger partial charge in [0.05, 0.1) is 17.4 Å². The highest BCUT2D eigenvalue weighted by molar-refractivity contribution is 6.32. The lowest BCUT2D eigenvalue weighted by Gasteiger charge is -2.45. The number of rotatable bonds is 8. The lowest BCUT2D eigenvalue weighted by Crippen LogP contribution is -2.62. The summed E-state index contributed by atoms with van der Waals surface area (Å²) in [6.07, 6.45) is 6.02. The zero-order valence-electron chi connectivity index (χ0n) is 22.0. The second-order valence-electron chi connectivity index (χ2n) is 10.3. The van der Waals surface area contributed by atoms with Crippen LogP contribution >= 0.6 is 11.6 Å². The first-order chi connectivity index (χ1) is 18.3. The van der Waals surface area contributed by atoms with Crippen LogP contribution in [0.4, 0.5) is 27.7 Å². The average Bonchev–Trinajstić information content (AvgIpc) is 3.29. The number of nitrogens with one attached hydrogen (secondary N) is 4. The van der Waals surface area contributed by atoms with E-state index < -0.39 is 0 Å². The Labute approximate surface area is 227 Å². The van der Waals surface area contributed by atoms with Crippen LogP contribution in [0, 0.1) is 19.7 Å². The number of hydrogen-bond donors (Lipinski definition) is 4. The van der Waals surface area contributed by atoms with Gasteiger partial charge in [-0.15, -0.1) is 0 Å². The summed E-state index contributed by atoms with van der Waals surface area (Å²) in [7, 11) is 0. The van der Waals surface area contributed by atoms with Gasteiger partial charge in [-0.25, -0.2) is 9.37 Å². The number of aromatic amines is 1. The van der Waals surface area contributed by atoms with Crippen molar-refractivity contribution in [1.82, 2.24) is 30.4 Å². The van der Waals surface area contributed by atoms with Crippen LogP contribution in [0.5, 0.6) is 0 Å². The molecule has 1 amide bonds. The number of aromatic nitrogens is 4. The van der Waals surface area contributed by atoms with Crippen LogP contribution in [0.3, 0.4) is 0 Å². The molecule has 2 fully saturated rings. The number of hydrogen-bond acceptors (Lipinski definition) is 7. The Hall–Kier alpha value is -3.24. The van der Waals surface area contributed by atoms with E-state index in [0.717, 1.165) is 55.5 Å². The molecule has 3 heterocycles. The van der Waals surface area contributed by atoms with Crippen LogP contribution in [0.25, 0.3) is 0 Å². The number of likely N-dealkylation sites (tertiary alicyclic amines) is 1. The Balaban J connectivity index is 1.25. The quantitative estimate of drug-likeness (QED) is 0.305. The van der Waals surface area contributed by atoms with Gasteiger partial charge in [0.1, 0.15) is 10.8 Å². The number of aryl methyl sites for hydroxylation is 2. The van der Waals surface area contributed by atoms with Gasteiger partial charge in [-0.3, -0.25) is 9.89 Å². The number of amides is 1. The molecular formula is C27H34ClFN8O.